The molecule has 0 aromatic heterocycles. The average Bonchev–Trinajstić information content (AvgIpc) is 2.62. The van der Waals surface area contributed by atoms with Gasteiger partial charge in [-0.15, -0.1) is 0 Å². The van der Waals surface area contributed by atoms with Gasteiger partial charge in [0, 0.05) is 24.5 Å². The molecule has 0 bridgehead atoms. The van der Waals surface area contributed by atoms with Crippen molar-refractivity contribution in [1.82, 2.24) is 0 Å². The van der Waals surface area contributed by atoms with Crippen molar-refractivity contribution in [3.63, 3.8) is 0 Å². The number of aryl methyl sites for hydroxylation is 1. The van der Waals surface area contributed by atoms with Crippen LogP contribution in [0.2, 0.25) is 0 Å². The van der Waals surface area contributed by atoms with E-state index in [4.69, 9.17) is 4.74 Å². The van der Waals surface area contributed by atoms with E-state index >= 15 is 0 Å². The molecule has 0 atom stereocenters. The lowest BCUT2D eigenvalue weighted by Crippen LogP contribution is -2.09. The van der Waals surface area contributed by atoms with E-state index < -0.39 is 0 Å². The number of hydrogen-bond donors (Lipinski definition) is 0. The fraction of sp³-hybridized carbons (Fsp3) is 0.143. The molecule has 0 saturated carbocycles. The first kappa shape index (κ1) is 16.1. The monoisotopic (exact) mass is 321 g/mol. The number of ether oxygens (including phenoxy) is 1. The first-order valence-electron chi connectivity index (χ1n) is 7.83. The van der Waals surface area contributed by atoms with Gasteiger partial charge in [-0.25, -0.2) is 4.39 Å². The standard InChI is InChI=1S/C21H20FNO/c1-15-4-6-16(7-5-15)17-8-10-18(11-9-17)23(2)19-12-13-21(24-3)20(22)14-19/h4-14H,1-3H3. The Morgan fingerprint density at radius 2 is 1.33 bits per heavy atom. The van der Waals surface area contributed by atoms with Crippen molar-refractivity contribution in [1.29, 1.82) is 0 Å². The fourth-order valence-electron chi connectivity index (χ4n) is 2.64. The predicted octanol–water partition coefficient (Wildman–Crippen LogP) is 5.58. The molecule has 122 valence electrons. The predicted molar refractivity (Wildman–Crippen MR) is 97.6 cm³/mol. The van der Waals surface area contributed by atoms with Crippen molar-refractivity contribution < 1.29 is 9.13 Å². The Morgan fingerprint density at radius 1 is 0.792 bits per heavy atom. The van der Waals surface area contributed by atoms with Gasteiger partial charge in [0.05, 0.1) is 7.11 Å². The molecule has 2 nitrogen and oxygen atoms in total. The molecule has 0 N–H and O–H groups in total. The Balaban J connectivity index is 1.84. The first-order valence-corrected chi connectivity index (χ1v) is 7.83. The highest BCUT2D eigenvalue weighted by atomic mass is 19.1. The zero-order valence-corrected chi connectivity index (χ0v) is 14.1. The van der Waals surface area contributed by atoms with E-state index in [-0.39, 0.29) is 11.6 Å². The highest BCUT2D eigenvalue weighted by Gasteiger charge is 2.09. The molecule has 0 spiro atoms. The second-order valence-electron chi connectivity index (χ2n) is 5.79. The minimum atomic E-state index is -0.363. The Morgan fingerprint density at radius 3 is 1.88 bits per heavy atom. The summed E-state index contributed by atoms with van der Waals surface area (Å²) in [4.78, 5) is 1.95. The largest absolute Gasteiger partial charge is 0.494 e. The highest BCUT2D eigenvalue weighted by Crippen LogP contribution is 2.29. The SMILES string of the molecule is COc1ccc(N(C)c2ccc(-c3ccc(C)cc3)cc2)cc1F. The van der Waals surface area contributed by atoms with Crippen molar-refractivity contribution in [3.05, 3.63) is 78.1 Å². The Kier molecular flexibility index (Phi) is 4.52. The van der Waals surface area contributed by atoms with Gasteiger partial charge in [-0.2, -0.15) is 0 Å². The molecule has 0 fully saturated rings. The molecule has 3 rings (SSSR count). The van der Waals surface area contributed by atoms with Crippen LogP contribution in [0.1, 0.15) is 5.56 Å². The lowest BCUT2D eigenvalue weighted by Gasteiger charge is -2.20. The summed E-state index contributed by atoms with van der Waals surface area (Å²) in [6.45, 7) is 2.08. The second-order valence-corrected chi connectivity index (χ2v) is 5.79. The van der Waals surface area contributed by atoms with Gasteiger partial charge in [0.1, 0.15) is 0 Å². The van der Waals surface area contributed by atoms with Gasteiger partial charge >= 0.3 is 0 Å². The van der Waals surface area contributed by atoms with Gasteiger partial charge in [-0.3, -0.25) is 0 Å². The van der Waals surface area contributed by atoms with Crippen LogP contribution < -0.4 is 9.64 Å². The number of benzene rings is 3. The van der Waals surface area contributed by atoms with E-state index in [9.17, 15) is 4.39 Å². The smallest absolute Gasteiger partial charge is 0.167 e. The number of anilines is 2. The van der Waals surface area contributed by atoms with Crippen LogP contribution in [0.4, 0.5) is 15.8 Å². The van der Waals surface area contributed by atoms with Crippen LogP contribution >= 0.6 is 0 Å². The van der Waals surface area contributed by atoms with Crippen molar-refractivity contribution in [2.24, 2.45) is 0 Å². The third kappa shape index (κ3) is 3.25. The van der Waals surface area contributed by atoms with Crippen molar-refractivity contribution in [2.75, 3.05) is 19.1 Å². The summed E-state index contributed by atoms with van der Waals surface area (Å²) in [5, 5.41) is 0. The van der Waals surface area contributed by atoms with Gasteiger partial charge in [-0.05, 0) is 42.3 Å². The number of nitrogens with zero attached hydrogens (tertiary/aromatic N) is 1. The summed E-state index contributed by atoms with van der Waals surface area (Å²) in [7, 11) is 3.38. The summed E-state index contributed by atoms with van der Waals surface area (Å²) >= 11 is 0. The van der Waals surface area contributed by atoms with Crippen LogP contribution in [0, 0.1) is 12.7 Å². The van der Waals surface area contributed by atoms with E-state index in [1.54, 1.807) is 6.07 Å². The minimum Gasteiger partial charge on any atom is -0.494 e. The molecule has 3 heteroatoms. The van der Waals surface area contributed by atoms with Crippen LogP contribution in [0.5, 0.6) is 5.75 Å². The number of hydrogen-bond acceptors (Lipinski definition) is 2. The third-order valence-electron chi connectivity index (χ3n) is 4.16. The molecule has 0 saturated heterocycles. The normalized spacial score (nSPS) is 10.5. The zero-order chi connectivity index (χ0) is 17.1. The summed E-state index contributed by atoms with van der Waals surface area (Å²) in [5.41, 5.74) is 5.36. The minimum absolute atomic E-state index is 0.252. The summed E-state index contributed by atoms with van der Waals surface area (Å²) in [6, 6.07) is 21.6. The molecule has 0 heterocycles. The van der Waals surface area contributed by atoms with E-state index in [1.165, 1.54) is 24.3 Å². The maximum atomic E-state index is 13.9. The number of methoxy groups -OCH3 is 1. The molecule has 0 aliphatic carbocycles. The van der Waals surface area contributed by atoms with Crippen LogP contribution in [0.25, 0.3) is 11.1 Å². The molecule has 3 aromatic carbocycles. The van der Waals surface area contributed by atoms with Crippen molar-refractivity contribution >= 4 is 11.4 Å². The average molecular weight is 321 g/mol. The molecule has 0 aliphatic heterocycles. The van der Waals surface area contributed by atoms with E-state index in [2.05, 4.69) is 43.3 Å². The highest BCUT2D eigenvalue weighted by molar-refractivity contribution is 5.69. The molecular formula is C21H20FNO. The van der Waals surface area contributed by atoms with Gasteiger partial charge in [0.2, 0.25) is 0 Å². The molecule has 0 amide bonds. The quantitative estimate of drug-likeness (QED) is 0.622. The topological polar surface area (TPSA) is 12.5 Å². The molecule has 3 aromatic rings. The lowest BCUT2D eigenvalue weighted by molar-refractivity contribution is 0.386. The fourth-order valence-corrected chi connectivity index (χ4v) is 2.64. The number of halogens is 1. The summed E-state index contributed by atoms with van der Waals surface area (Å²) in [5.74, 6) is -0.111. The van der Waals surface area contributed by atoms with Crippen molar-refractivity contribution in [2.45, 2.75) is 6.92 Å². The van der Waals surface area contributed by atoms with E-state index in [0.717, 1.165) is 16.9 Å². The molecule has 0 unspecified atom stereocenters. The van der Waals surface area contributed by atoms with Gasteiger partial charge in [-0.1, -0.05) is 42.0 Å². The van der Waals surface area contributed by atoms with Crippen LogP contribution in [0.3, 0.4) is 0 Å². The molecule has 0 radical (unpaired) electrons. The Labute approximate surface area is 142 Å². The van der Waals surface area contributed by atoms with Crippen LogP contribution in [-0.4, -0.2) is 14.2 Å². The van der Waals surface area contributed by atoms with Crippen molar-refractivity contribution in [3.8, 4) is 16.9 Å². The molecule has 24 heavy (non-hydrogen) atoms. The summed E-state index contributed by atoms with van der Waals surface area (Å²) < 4.78 is 18.9. The summed E-state index contributed by atoms with van der Waals surface area (Å²) in [6.07, 6.45) is 0. The lowest BCUT2D eigenvalue weighted by atomic mass is 10.0. The molecule has 0 aliphatic rings. The van der Waals surface area contributed by atoms with E-state index in [1.807, 2.05) is 30.1 Å². The van der Waals surface area contributed by atoms with Gasteiger partial charge in [0.15, 0.2) is 11.6 Å². The zero-order valence-electron chi connectivity index (χ0n) is 14.1. The maximum Gasteiger partial charge on any atom is 0.167 e. The Hall–Kier alpha value is -2.81. The molecular weight excluding hydrogens is 301 g/mol. The van der Waals surface area contributed by atoms with Crippen LogP contribution in [-0.2, 0) is 0 Å². The maximum absolute atomic E-state index is 13.9. The van der Waals surface area contributed by atoms with E-state index in [0.29, 0.717) is 0 Å². The first-order chi connectivity index (χ1) is 11.6. The van der Waals surface area contributed by atoms with Gasteiger partial charge in [0.25, 0.3) is 0 Å². The van der Waals surface area contributed by atoms with Gasteiger partial charge < -0.3 is 9.64 Å². The van der Waals surface area contributed by atoms with Crippen LogP contribution in [0.15, 0.2) is 66.7 Å². The number of rotatable bonds is 4. The second kappa shape index (κ2) is 6.75. The Bertz CT molecular complexity index is 825. The third-order valence-corrected chi connectivity index (χ3v) is 4.16.